The van der Waals surface area contributed by atoms with Crippen LogP contribution in [0.2, 0.25) is 0 Å². The van der Waals surface area contributed by atoms with E-state index in [2.05, 4.69) is 5.32 Å². The van der Waals surface area contributed by atoms with Crippen molar-refractivity contribution in [2.45, 2.75) is 29.7 Å². The number of carbonyl (C=O) groups is 3. The Kier molecular flexibility index (Phi) is 5.82. The molecule has 2 aromatic rings. The zero-order valence-electron chi connectivity index (χ0n) is 15.8. The lowest BCUT2D eigenvalue weighted by molar-refractivity contribution is -0.112. The number of hydrogen-bond acceptors (Lipinski definition) is 6. The van der Waals surface area contributed by atoms with Crippen LogP contribution >= 0.6 is 23.5 Å². The van der Waals surface area contributed by atoms with Crippen molar-refractivity contribution in [3.05, 3.63) is 59.7 Å². The van der Waals surface area contributed by atoms with Crippen LogP contribution in [0.5, 0.6) is 5.75 Å². The van der Waals surface area contributed by atoms with Crippen LogP contribution in [0.15, 0.2) is 53.4 Å². The molecule has 2 atom stereocenters. The Labute approximate surface area is 177 Å². The molecule has 0 bridgehead atoms. The second-order valence-corrected chi connectivity index (χ2v) is 9.15. The van der Waals surface area contributed by atoms with Crippen molar-refractivity contribution >= 4 is 39.8 Å². The summed E-state index contributed by atoms with van der Waals surface area (Å²) in [5.41, 5.74) is 1.69. The predicted octanol–water partition coefficient (Wildman–Crippen LogP) is 3.55. The molecule has 2 unspecified atom stereocenters. The molecule has 0 aromatic heterocycles. The van der Waals surface area contributed by atoms with Crippen molar-refractivity contribution in [3.63, 3.8) is 0 Å². The Morgan fingerprint density at radius 1 is 1.07 bits per heavy atom. The number of amides is 2. The van der Waals surface area contributed by atoms with Crippen LogP contribution in [0.25, 0.3) is 0 Å². The fraction of sp³-hybridized carbons (Fsp3) is 0.286. The summed E-state index contributed by atoms with van der Waals surface area (Å²) in [6.45, 7) is 2.92. The summed E-state index contributed by atoms with van der Waals surface area (Å²) in [5.74, 6) is 0.738. The fourth-order valence-corrected chi connectivity index (χ4v) is 5.15. The topological polar surface area (TPSA) is 75.7 Å². The molecule has 0 spiro atoms. The van der Waals surface area contributed by atoms with E-state index in [1.165, 1.54) is 0 Å². The average molecular weight is 429 g/mol. The van der Waals surface area contributed by atoms with Crippen LogP contribution in [0.4, 0.5) is 4.79 Å². The third-order valence-electron chi connectivity index (χ3n) is 4.85. The summed E-state index contributed by atoms with van der Waals surface area (Å²) in [6.07, 6.45) is 0.467. The lowest BCUT2D eigenvalue weighted by atomic mass is 10.1. The smallest absolute Gasteiger partial charge is 0.287 e. The highest BCUT2D eigenvalue weighted by atomic mass is 32.2. The molecule has 2 aliphatic rings. The summed E-state index contributed by atoms with van der Waals surface area (Å²) >= 11 is 2.40. The molecule has 1 saturated heterocycles. The summed E-state index contributed by atoms with van der Waals surface area (Å²) in [6, 6.07) is 14.7. The van der Waals surface area contributed by atoms with Crippen molar-refractivity contribution in [1.29, 1.82) is 0 Å². The van der Waals surface area contributed by atoms with Gasteiger partial charge in [-0.15, -0.1) is 11.8 Å². The van der Waals surface area contributed by atoms with Crippen LogP contribution in [-0.4, -0.2) is 45.7 Å². The normalized spacial score (nSPS) is 21.1. The average Bonchev–Trinajstić information content (AvgIpc) is 3.02. The maximum Gasteiger partial charge on any atom is 0.287 e. The van der Waals surface area contributed by atoms with Crippen LogP contribution < -0.4 is 10.1 Å². The maximum atomic E-state index is 12.7. The monoisotopic (exact) mass is 428 g/mol. The summed E-state index contributed by atoms with van der Waals surface area (Å²) in [4.78, 5) is 38.5. The number of hydrogen-bond donors (Lipinski definition) is 1. The highest BCUT2D eigenvalue weighted by molar-refractivity contribution is 8.26. The van der Waals surface area contributed by atoms with E-state index in [4.69, 9.17) is 4.74 Å². The van der Waals surface area contributed by atoms with Crippen molar-refractivity contribution in [3.8, 4) is 5.75 Å². The Morgan fingerprint density at radius 2 is 1.83 bits per heavy atom. The lowest BCUT2D eigenvalue weighted by Gasteiger charge is -2.33. The third kappa shape index (κ3) is 4.43. The van der Waals surface area contributed by atoms with E-state index >= 15 is 0 Å². The number of ether oxygens (including phenoxy) is 1. The lowest BCUT2D eigenvalue weighted by Crippen LogP contribution is -2.42. The highest BCUT2D eigenvalue weighted by Gasteiger charge is 2.31. The molecule has 2 aliphatic heterocycles. The standard InChI is InChI=1S/C21H20N2O4S2/c1-13-23(19(24)16-4-2-3-5-18(16)28-13)10-11-27-15-8-6-14(7-9-15)12-17-20(25)29-21(26)22-17/h2-9,13,17H,10-12H2,1H3,(H,22,26). The first kappa shape index (κ1) is 19.8. The first-order valence-corrected chi connectivity index (χ1v) is 11.0. The largest absolute Gasteiger partial charge is 0.492 e. The number of fused-ring (bicyclic) bond motifs is 1. The highest BCUT2D eigenvalue weighted by Crippen LogP contribution is 2.34. The SMILES string of the molecule is CC1Sc2ccccc2C(=O)N1CCOc1ccc(CC2NC(=O)SC2=O)cc1. The minimum atomic E-state index is -0.466. The summed E-state index contributed by atoms with van der Waals surface area (Å²) in [5, 5.41) is 2.28. The van der Waals surface area contributed by atoms with Gasteiger partial charge < -0.3 is 15.0 Å². The molecule has 4 rings (SSSR count). The minimum Gasteiger partial charge on any atom is -0.492 e. The molecule has 1 fully saturated rings. The van der Waals surface area contributed by atoms with Crippen molar-refractivity contribution in [2.24, 2.45) is 0 Å². The quantitative estimate of drug-likeness (QED) is 0.758. The van der Waals surface area contributed by atoms with Gasteiger partial charge in [0.25, 0.3) is 11.1 Å². The molecular weight excluding hydrogens is 408 g/mol. The Morgan fingerprint density at radius 3 is 2.55 bits per heavy atom. The first-order valence-electron chi connectivity index (χ1n) is 9.32. The summed E-state index contributed by atoms with van der Waals surface area (Å²) in [7, 11) is 0. The van der Waals surface area contributed by atoms with Crippen LogP contribution in [0, 0.1) is 0 Å². The number of carbonyl (C=O) groups excluding carboxylic acids is 3. The maximum absolute atomic E-state index is 12.7. The number of nitrogens with zero attached hydrogens (tertiary/aromatic N) is 1. The van der Waals surface area contributed by atoms with Crippen LogP contribution in [-0.2, 0) is 11.2 Å². The van der Waals surface area contributed by atoms with Gasteiger partial charge in [0.1, 0.15) is 18.4 Å². The molecule has 1 N–H and O–H groups in total. The minimum absolute atomic E-state index is 0.0342. The molecule has 0 radical (unpaired) electrons. The van der Waals surface area contributed by atoms with E-state index in [9.17, 15) is 14.4 Å². The van der Waals surface area contributed by atoms with Gasteiger partial charge in [-0.3, -0.25) is 14.4 Å². The second-order valence-electron chi connectivity index (χ2n) is 6.81. The van der Waals surface area contributed by atoms with Gasteiger partial charge in [0.2, 0.25) is 5.12 Å². The predicted molar refractivity (Wildman–Crippen MR) is 113 cm³/mol. The van der Waals surface area contributed by atoms with E-state index in [0.717, 1.165) is 27.8 Å². The molecular formula is C21H20N2O4S2. The number of nitrogens with one attached hydrogen (secondary N) is 1. The number of benzene rings is 2. The molecule has 6 nitrogen and oxygen atoms in total. The number of rotatable bonds is 6. The van der Waals surface area contributed by atoms with Crippen molar-refractivity contribution in [2.75, 3.05) is 13.2 Å². The Hall–Kier alpha value is -2.45. The third-order valence-corrected chi connectivity index (χ3v) is 6.84. The van der Waals surface area contributed by atoms with Gasteiger partial charge in [0.05, 0.1) is 17.5 Å². The van der Waals surface area contributed by atoms with Gasteiger partial charge in [0, 0.05) is 23.1 Å². The Balaban J connectivity index is 1.30. The fourth-order valence-electron chi connectivity index (χ4n) is 3.34. The van der Waals surface area contributed by atoms with E-state index in [1.54, 1.807) is 11.8 Å². The van der Waals surface area contributed by atoms with E-state index in [1.807, 2.05) is 60.4 Å². The van der Waals surface area contributed by atoms with Gasteiger partial charge in [-0.1, -0.05) is 24.3 Å². The molecule has 150 valence electrons. The van der Waals surface area contributed by atoms with E-state index < -0.39 is 6.04 Å². The molecule has 2 aromatic carbocycles. The van der Waals surface area contributed by atoms with Crippen LogP contribution in [0.3, 0.4) is 0 Å². The van der Waals surface area contributed by atoms with E-state index in [0.29, 0.717) is 25.3 Å². The van der Waals surface area contributed by atoms with Crippen molar-refractivity contribution < 1.29 is 19.1 Å². The zero-order chi connectivity index (χ0) is 20.4. The Bertz CT molecular complexity index is 948. The van der Waals surface area contributed by atoms with Gasteiger partial charge in [-0.25, -0.2) is 0 Å². The van der Waals surface area contributed by atoms with Gasteiger partial charge in [-0.2, -0.15) is 0 Å². The van der Waals surface area contributed by atoms with Gasteiger partial charge >= 0.3 is 0 Å². The second kappa shape index (κ2) is 8.51. The molecule has 0 aliphatic carbocycles. The molecule has 8 heteroatoms. The molecule has 0 saturated carbocycles. The first-order chi connectivity index (χ1) is 14.0. The number of thioether (sulfide) groups is 2. The van der Waals surface area contributed by atoms with Crippen LogP contribution in [0.1, 0.15) is 22.8 Å². The van der Waals surface area contributed by atoms with Crippen molar-refractivity contribution in [1.82, 2.24) is 10.2 Å². The van der Waals surface area contributed by atoms with E-state index in [-0.39, 0.29) is 21.6 Å². The molecule has 29 heavy (non-hydrogen) atoms. The zero-order valence-corrected chi connectivity index (χ0v) is 17.4. The van der Waals surface area contributed by atoms with Gasteiger partial charge in [0.15, 0.2) is 0 Å². The summed E-state index contributed by atoms with van der Waals surface area (Å²) < 4.78 is 5.81. The molecule has 2 heterocycles. The molecule has 2 amide bonds. The van der Waals surface area contributed by atoms with Gasteiger partial charge in [-0.05, 0) is 36.8 Å².